The molecule has 74 valence electrons. The summed E-state index contributed by atoms with van der Waals surface area (Å²) in [6, 6.07) is 0. The largest absolute Gasteiger partial charge is 0.396 e. The molecule has 1 saturated heterocycles. The van der Waals surface area contributed by atoms with Gasteiger partial charge in [-0.3, -0.25) is 0 Å². The standard InChI is InChI=1S/C6H14O2.C3H6O/c1-6(2-4-7)3-5-8;1-3-2-4-3/h6-8H,2-5H2,1H3;3H,2H2,1H3. The van der Waals surface area contributed by atoms with Crippen LogP contribution < -0.4 is 0 Å². The van der Waals surface area contributed by atoms with Crippen molar-refractivity contribution >= 4 is 0 Å². The maximum absolute atomic E-state index is 8.38. The van der Waals surface area contributed by atoms with E-state index in [2.05, 4.69) is 6.92 Å². The highest BCUT2D eigenvalue weighted by Crippen LogP contribution is 2.04. The molecule has 0 aromatic carbocycles. The van der Waals surface area contributed by atoms with Crippen molar-refractivity contribution in [3.8, 4) is 0 Å². The quantitative estimate of drug-likeness (QED) is 0.623. The van der Waals surface area contributed by atoms with Gasteiger partial charge in [0.15, 0.2) is 0 Å². The summed E-state index contributed by atoms with van der Waals surface area (Å²) in [5.41, 5.74) is 0. The number of ether oxygens (including phenoxy) is 1. The van der Waals surface area contributed by atoms with Crippen molar-refractivity contribution in [2.45, 2.75) is 32.8 Å². The fourth-order valence-corrected chi connectivity index (χ4v) is 0.681. The van der Waals surface area contributed by atoms with E-state index in [1.807, 2.05) is 6.92 Å². The van der Waals surface area contributed by atoms with Gasteiger partial charge in [-0.15, -0.1) is 0 Å². The molecule has 0 amide bonds. The SMILES string of the molecule is CC(CCO)CCO.CC1CO1. The minimum Gasteiger partial charge on any atom is -0.396 e. The van der Waals surface area contributed by atoms with Crippen molar-refractivity contribution in [2.24, 2.45) is 5.92 Å². The Hall–Kier alpha value is -0.120. The third-order valence-corrected chi connectivity index (χ3v) is 1.74. The van der Waals surface area contributed by atoms with Crippen molar-refractivity contribution < 1.29 is 14.9 Å². The third-order valence-electron chi connectivity index (χ3n) is 1.74. The molecule has 1 heterocycles. The highest BCUT2D eigenvalue weighted by molar-refractivity contribution is 4.58. The first-order valence-electron chi connectivity index (χ1n) is 4.54. The highest BCUT2D eigenvalue weighted by Gasteiger charge is 2.13. The lowest BCUT2D eigenvalue weighted by Gasteiger charge is -2.04. The minimum absolute atomic E-state index is 0.237. The van der Waals surface area contributed by atoms with Crippen molar-refractivity contribution in [1.82, 2.24) is 0 Å². The van der Waals surface area contributed by atoms with E-state index >= 15 is 0 Å². The van der Waals surface area contributed by atoms with E-state index in [-0.39, 0.29) is 13.2 Å². The fraction of sp³-hybridized carbons (Fsp3) is 1.00. The van der Waals surface area contributed by atoms with Crippen LogP contribution in [-0.2, 0) is 4.74 Å². The van der Waals surface area contributed by atoms with E-state index < -0.39 is 0 Å². The molecular weight excluding hydrogens is 156 g/mol. The van der Waals surface area contributed by atoms with Crippen LogP contribution in [0.25, 0.3) is 0 Å². The van der Waals surface area contributed by atoms with Crippen LogP contribution in [0.15, 0.2) is 0 Å². The monoisotopic (exact) mass is 176 g/mol. The van der Waals surface area contributed by atoms with Gasteiger partial charge in [0.05, 0.1) is 12.7 Å². The van der Waals surface area contributed by atoms with Crippen LogP contribution in [0.1, 0.15) is 26.7 Å². The molecule has 0 aliphatic carbocycles. The molecule has 0 aromatic heterocycles. The van der Waals surface area contributed by atoms with E-state index in [1.54, 1.807) is 0 Å². The van der Waals surface area contributed by atoms with Crippen LogP contribution in [0.3, 0.4) is 0 Å². The lowest BCUT2D eigenvalue weighted by Crippen LogP contribution is -1.99. The van der Waals surface area contributed by atoms with E-state index in [0.29, 0.717) is 12.0 Å². The molecule has 1 aliphatic heterocycles. The van der Waals surface area contributed by atoms with Crippen molar-refractivity contribution in [1.29, 1.82) is 0 Å². The molecule has 1 aliphatic rings. The molecule has 0 radical (unpaired) electrons. The number of aliphatic hydroxyl groups excluding tert-OH is 2. The predicted molar refractivity (Wildman–Crippen MR) is 48.0 cm³/mol. The second kappa shape index (κ2) is 7.53. The Kier molecular flexibility index (Phi) is 7.45. The smallest absolute Gasteiger partial charge is 0.0781 e. The molecule has 3 heteroatoms. The Balaban J connectivity index is 0.000000247. The first kappa shape index (κ1) is 11.9. The molecule has 0 aromatic rings. The molecule has 12 heavy (non-hydrogen) atoms. The van der Waals surface area contributed by atoms with Crippen LogP contribution in [0, 0.1) is 5.92 Å². The average molecular weight is 176 g/mol. The number of aliphatic hydroxyl groups is 2. The molecule has 0 spiro atoms. The average Bonchev–Trinajstić information content (AvgIpc) is 2.74. The Bertz CT molecular complexity index is 85.8. The molecule has 0 saturated carbocycles. The second-order valence-electron chi connectivity index (χ2n) is 3.27. The van der Waals surface area contributed by atoms with Crippen molar-refractivity contribution in [3.63, 3.8) is 0 Å². The zero-order chi connectivity index (χ0) is 9.40. The summed E-state index contributed by atoms with van der Waals surface area (Å²) in [7, 11) is 0. The zero-order valence-electron chi connectivity index (χ0n) is 7.99. The van der Waals surface area contributed by atoms with Gasteiger partial charge in [-0.25, -0.2) is 0 Å². The molecule has 1 fully saturated rings. The lowest BCUT2D eigenvalue weighted by molar-refractivity contribution is 0.223. The van der Waals surface area contributed by atoms with Crippen molar-refractivity contribution in [3.05, 3.63) is 0 Å². The highest BCUT2D eigenvalue weighted by atomic mass is 16.6. The molecular formula is C9H20O3. The maximum atomic E-state index is 8.38. The second-order valence-corrected chi connectivity index (χ2v) is 3.27. The summed E-state index contributed by atoms with van der Waals surface area (Å²) in [4.78, 5) is 0. The van der Waals surface area contributed by atoms with E-state index in [1.165, 1.54) is 0 Å². The van der Waals surface area contributed by atoms with Gasteiger partial charge in [0, 0.05) is 13.2 Å². The topological polar surface area (TPSA) is 53.0 Å². The maximum Gasteiger partial charge on any atom is 0.0781 e. The Labute approximate surface area is 74.4 Å². The summed E-state index contributed by atoms with van der Waals surface area (Å²) in [5, 5.41) is 16.8. The van der Waals surface area contributed by atoms with Gasteiger partial charge in [0.1, 0.15) is 0 Å². The van der Waals surface area contributed by atoms with Crippen LogP contribution in [-0.4, -0.2) is 36.1 Å². The Morgan fingerprint density at radius 1 is 1.33 bits per heavy atom. The minimum atomic E-state index is 0.237. The van der Waals surface area contributed by atoms with Crippen LogP contribution >= 0.6 is 0 Å². The molecule has 1 unspecified atom stereocenters. The summed E-state index contributed by atoms with van der Waals surface area (Å²) in [6.07, 6.45) is 2.20. The fourth-order valence-electron chi connectivity index (χ4n) is 0.681. The number of hydrogen-bond donors (Lipinski definition) is 2. The van der Waals surface area contributed by atoms with Gasteiger partial charge >= 0.3 is 0 Å². The van der Waals surface area contributed by atoms with Gasteiger partial charge in [-0.1, -0.05) is 6.92 Å². The molecule has 1 rings (SSSR count). The Morgan fingerprint density at radius 3 is 1.83 bits per heavy atom. The van der Waals surface area contributed by atoms with Gasteiger partial charge in [0.2, 0.25) is 0 Å². The molecule has 0 bridgehead atoms. The first-order chi connectivity index (χ1) is 5.70. The molecule has 1 atom stereocenters. The Morgan fingerprint density at radius 2 is 1.67 bits per heavy atom. The predicted octanol–water partition coefficient (Wildman–Crippen LogP) is 0.792. The van der Waals surface area contributed by atoms with Crippen molar-refractivity contribution in [2.75, 3.05) is 19.8 Å². The lowest BCUT2D eigenvalue weighted by atomic mass is 10.1. The normalized spacial score (nSPS) is 20.2. The van der Waals surface area contributed by atoms with Gasteiger partial charge in [0.25, 0.3) is 0 Å². The van der Waals surface area contributed by atoms with Crippen LogP contribution in [0.5, 0.6) is 0 Å². The van der Waals surface area contributed by atoms with Gasteiger partial charge < -0.3 is 14.9 Å². The van der Waals surface area contributed by atoms with Crippen LogP contribution in [0.4, 0.5) is 0 Å². The molecule has 3 nitrogen and oxygen atoms in total. The molecule has 2 N–H and O–H groups in total. The zero-order valence-corrected chi connectivity index (χ0v) is 7.99. The van der Waals surface area contributed by atoms with E-state index in [0.717, 1.165) is 19.4 Å². The summed E-state index contributed by atoms with van der Waals surface area (Å²) >= 11 is 0. The summed E-state index contributed by atoms with van der Waals surface area (Å²) < 4.78 is 4.71. The third kappa shape index (κ3) is 9.88. The number of rotatable bonds is 4. The van der Waals surface area contributed by atoms with E-state index in [9.17, 15) is 0 Å². The van der Waals surface area contributed by atoms with Crippen LogP contribution in [0.2, 0.25) is 0 Å². The number of hydrogen-bond acceptors (Lipinski definition) is 3. The first-order valence-corrected chi connectivity index (χ1v) is 4.54. The van der Waals surface area contributed by atoms with E-state index in [4.69, 9.17) is 14.9 Å². The summed E-state index contributed by atoms with van der Waals surface area (Å²) in [6.45, 7) is 5.54. The summed E-state index contributed by atoms with van der Waals surface area (Å²) in [5.74, 6) is 0.463. The van der Waals surface area contributed by atoms with Gasteiger partial charge in [-0.05, 0) is 25.7 Å². The van der Waals surface area contributed by atoms with Gasteiger partial charge in [-0.2, -0.15) is 0 Å². The number of epoxide rings is 1.